The summed E-state index contributed by atoms with van der Waals surface area (Å²) in [6.45, 7) is 0. The average molecular weight is 423 g/mol. The maximum atomic E-state index is 13.7. The summed E-state index contributed by atoms with van der Waals surface area (Å²) in [6, 6.07) is 10.4. The molecule has 0 atom stereocenters. The van der Waals surface area contributed by atoms with Crippen molar-refractivity contribution >= 4 is 47.6 Å². The monoisotopic (exact) mass is 421 g/mol. The molecule has 0 bridgehead atoms. The van der Waals surface area contributed by atoms with Crippen LogP contribution in [0.5, 0.6) is 0 Å². The van der Waals surface area contributed by atoms with Crippen molar-refractivity contribution in [3.05, 3.63) is 57.2 Å². The van der Waals surface area contributed by atoms with E-state index in [-0.39, 0.29) is 10.6 Å². The van der Waals surface area contributed by atoms with Gasteiger partial charge >= 0.3 is 0 Å². The minimum Gasteiger partial charge on any atom is -0.266 e. The van der Waals surface area contributed by atoms with Crippen LogP contribution in [0.3, 0.4) is 0 Å². The Morgan fingerprint density at radius 1 is 1.10 bits per heavy atom. The summed E-state index contributed by atoms with van der Waals surface area (Å²) in [5.74, 6) is -0.591. The highest BCUT2D eigenvalue weighted by molar-refractivity contribution is 9.11. The number of hydrogen-bond acceptors (Lipinski definition) is 2. The Bertz CT molecular complexity index is 750. The average Bonchev–Trinajstić information content (AvgIpc) is 2.38. The molecule has 2 aromatic rings. The van der Waals surface area contributed by atoms with E-state index in [1.165, 1.54) is 31.3 Å². The summed E-state index contributed by atoms with van der Waals surface area (Å²) in [4.78, 5) is 0.0754. The highest BCUT2D eigenvalue weighted by atomic mass is 79.9. The van der Waals surface area contributed by atoms with E-state index < -0.39 is 15.8 Å². The van der Waals surface area contributed by atoms with E-state index in [1.807, 2.05) is 0 Å². The summed E-state index contributed by atoms with van der Waals surface area (Å²) in [7, 11) is -2.51. The molecule has 2 aromatic carbocycles. The topological polar surface area (TPSA) is 37.4 Å². The molecular weight excluding hydrogens is 413 g/mol. The van der Waals surface area contributed by atoms with Crippen LogP contribution in [0, 0.1) is 5.82 Å². The third-order valence-electron chi connectivity index (χ3n) is 2.72. The number of nitrogens with zero attached hydrogens (tertiary/aromatic N) is 1. The Morgan fingerprint density at radius 3 is 2.35 bits per heavy atom. The van der Waals surface area contributed by atoms with Crippen LogP contribution in [0.25, 0.3) is 0 Å². The molecule has 0 aromatic heterocycles. The van der Waals surface area contributed by atoms with Gasteiger partial charge in [0.1, 0.15) is 10.7 Å². The Balaban J connectivity index is 2.53. The van der Waals surface area contributed by atoms with E-state index in [4.69, 9.17) is 0 Å². The molecule has 0 aliphatic carbocycles. The second-order valence-corrected chi connectivity index (χ2v) is 7.71. The normalized spacial score (nSPS) is 11.4. The lowest BCUT2D eigenvalue weighted by Crippen LogP contribution is -2.27. The lowest BCUT2D eigenvalue weighted by atomic mass is 10.3. The van der Waals surface area contributed by atoms with Gasteiger partial charge in [-0.15, -0.1) is 0 Å². The van der Waals surface area contributed by atoms with Crippen molar-refractivity contribution in [3.63, 3.8) is 0 Å². The minimum atomic E-state index is -3.84. The van der Waals surface area contributed by atoms with E-state index >= 15 is 0 Å². The largest absolute Gasteiger partial charge is 0.266 e. The van der Waals surface area contributed by atoms with Crippen molar-refractivity contribution in [2.75, 3.05) is 11.4 Å². The van der Waals surface area contributed by atoms with Crippen LogP contribution in [0.1, 0.15) is 0 Å². The highest BCUT2D eigenvalue weighted by Gasteiger charge is 2.25. The van der Waals surface area contributed by atoms with Gasteiger partial charge in [0.05, 0.1) is 5.69 Å². The van der Waals surface area contributed by atoms with Gasteiger partial charge in [-0.25, -0.2) is 12.8 Å². The second-order valence-electron chi connectivity index (χ2n) is 4.00. The smallest absolute Gasteiger partial charge is 0.265 e. The first-order valence-corrected chi connectivity index (χ1v) is 8.55. The number of hydrogen-bond donors (Lipinski definition) is 0. The summed E-state index contributed by atoms with van der Waals surface area (Å²) >= 11 is 6.47. The van der Waals surface area contributed by atoms with Gasteiger partial charge in [0.2, 0.25) is 0 Å². The quantitative estimate of drug-likeness (QED) is 0.744. The number of benzene rings is 2. The van der Waals surface area contributed by atoms with Gasteiger partial charge in [0.15, 0.2) is 0 Å². The van der Waals surface area contributed by atoms with Crippen molar-refractivity contribution in [2.24, 2.45) is 0 Å². The molecule has 2 rings (SSSR count). The summed E-state index contributed by atoms with van der Waals surface area (Å²) < 4.78 is 40.9. The molecule has 3 nitrogen and oxygen atoms in total. The fraction of sp³-hybridized carbons (Fsp3) is 0.0769. The van der Waals surface area contributed by atoms with Gasteiger partial charge in [-0.3, -0.25) is 4.31 Å². The molecule has 0 N–H and O–H groups in total. The third-order valence-corrected chi connectivity index (χ3v) is 5.97. The standard InChI is InChI=1S/C13H10Br2FNO2S/c1-17(12-5-3-2-4-11(12)16)20(18,19)13-7-6-9(14)8-10(13)15/h2-8H,1H3. The van der Waals surface area contributed by atoms with Crippen molar-refractivity contribution in [1.82, 2.24) is 0 Å². The fourth-order valence-corrected chi connectivity index (χ4v) is 4.58. The fourth-order valence-electron chi connectivity index (χ4n) is 1.67. The van der Waals surface area contributed by atoms with Crippen molar-refractivity contribution < 1.29 is 12.8 Å². The predicted molar refractivity (Wildman–Crippen MR) is 83.8 cm³/mol. The van der Waals surface area contributed by atoms with Crippen LogP contribution >= 0.6 is 31.9 Å². The maximum absolute atomic E-state index is 13.7. The molecule has 7 heteroatoms. The van der Waals surface area contributed by atoms with Gasteiger partial charge in [-0.1, -0.05) is 28.1 Å². The van der Waals surface area contributed by atoms with Gasteiger partial charge in [-0.2, -0.15) is 0 Å². The molecule has 0 saturated carbocycles. The van der Waals surface area contributed by atoms with Crippen molar-refractivity contribution in [1.29, 1.82) is 0 Å². The highest BCUT2D eigenvalue weighted by Crippen LogP contribution is 2.30. The molecular formula is C13H10Br2FNO2S. The van der Waals surface area contributed by atoms with Gasteiger partial charge in [0.25, 0.3) is 10.0 Å². The zero-order chi connectivity index (χ0) is 14.9. The van der Waals surface area contributed by atoms with Crippen LogP contribution in [0.2, 0.25) is 0 Å². The maximum Gasteiger partial charge on any atom is 0.265 e. The molecule has 0 heterocycles. The molecule has 0 aliphatic rings. The molecule has 20 heavy (non-hydrogen) atoms. The Kier molecular flexibility index (Phi) is 4.51. The van der Waals surface area contributed by atoms with Crippen LogP contribution < -0.4 is 4.31 Å². The molecule has 0 radical (unpaired) electrons. The van der Waals surface area contributed by atoms with E-state index in [1.54, 1.807) is 18.2 Å². The van der Waals surface area contributed by atoms with Gasteiger partial charge < -0.3 is 0 Å². The zero-order valence-corrected chi connectivity index (χ0v) is 14.3. The van der Waals surface area contributed by atoms with Crippen molar-refractivity contribution in [2.45, 2.75) is 4.90 Å². The lowest BCUT2D eigenvalue weighted by molar-refractivity contribution is 0.589. The van der Waals surface area contributed by atoms with Crippen LogP contribution in [-0.4, -0.2) is 15.5 Å². The first kappa shape index (κ1) is 15.5. The summed E-state index contributed by atoms with van der Waals surface area (Å²) in [6.07, 6.45) is 0. The third kappa shape index (κ3) is 2.89. The number of rotatable bonds is 3. The summed E-state index contributed by atoms with van der Waals surface area (Å²) in [5, 5.41) is 0. The van der Waals surface area contributed by atoms with E-state index in [0.29, 0.717) is 4.47 Å². The summed E-state index contributed by atoms with van der Waals surface area (Å²) in [5.41, 5.74) is 0.00215. The van der Waals surface area contributed by atoms with Crippen LogP contribution in [0.15, 0.2) is 56.3 Å². The molecule has 0 saturated heterocycles. The zero-order valence-electron chi connectivity index (χ0n) is 10.3. The van der Waals surface area contributed by atoms with Crippen LogP contribution in [0.4, 0.5) is 10.1 Å². The number of halogens is 3. The molecule has 0 amide bonds. The Labute approximate surface area is 133 Å². The molecule has 106 valence electrons. The number of para-hydroxylation sites is 1. The van der Waals surface area contributed by atoms with Crippen LogP contribution in [-0.2, 0) is 10.0 Å². The number of anilines is 1. The second kappa shape index (κ2) is 5.83. The van der Waals surface area contributed by atoms with E-state index in [9.17, 15) is 12.8 Å². The van der Waals surface area contributed by atoms with E-state index in [2.05, 4.69) is 31.9 Å². The Hall–Kier alpha value is -0.920. The number of sulfonamides is 1. The molecule has 0 aliphatic heterocycles. The van der Waals surface area contributed by atoms with E-state index in [0.717, 1.165) is 8.78 Å². The first-order chi connectivity index (χ1) is 9.34. The first-order valence-electron chi connectivity index (χ1n) is 5.52. The Morgan fingerprint density at radius 2 is 1.75 bits per heavy atom. The molecule has 0 spiro atoms. The lowest BCUT2D eigenvalue weighted by Gasteiger charge is -2.20. The molecule has 0 unspecified atom stereocenters. The predicted octanol–water partition coefficient (Wildman–Crippen LogP) is 4.18. The van der Waals surface area contributed by atoms with Gasteiger partial charge in [-0.05, 0) is 46.3 Å². The van der Waals surface area contributed by atoms with Crippen molar-refractivity contribution in [3.8, 4) is 0 Å². The minimum absolute atomic E-state index is 0.00215. The molecule has 0 fully saturated rings. The SMILES string of the molecule is CN(c1ccccc1F)S(=O)(=O)c1ccc(Br)cc1Br. The van der Waals surface area contributed by atoms with Gasteiger partial charge in [0, 0.05) is 16.0 Å².